The van der Waals surface area contributed by atoms with E-state index in [4.69, 9.17) is 5.73 Å². The lowest BCUT2D eigenvalue weighted by molar-refractivity contribution is -0.138. The average molecular weight is 558 g/mol. The van der Waals surface area contributed by atoms with Crippen molar-refractivity contribution in [2.75, 3.05) is 17.7 Å². The summed E-state index contributed by atoms with van der Waals surface area (Å²) in [7, 11) is 0. The summed E-state index contributed by atoms with van der Waals surface area (Å²) in [5.41, 5.74) is 1.16. The minimum atomic E-state index is -5.04. The van der Waals surface area contributed by atoms with Crippen molar-refractivity contribution in [1.82, 2.24) is 29.9 Å². The Kier molecular flexibility index (Phi) is 7.89. The zero-order valence-electron chi connectivity index (χ0n) is 19.7. The zero-order chi connectivity index (χ0) is 28.3. The van der Waals surface area contributed by atoms with E-state index in [0.717, 1.165) is 6.07 Å². The molecule has 0 fully saturated rings. The fourth-order valence-electron chi connectivity index (χ4n) is 3.96. The number of nitrogens with two attached hydrogens (primary N) is 1. The monoisotopic (exact) mass is 558 g/mol. The third kappa shape index (κ3) is 6.36. The van der Waals surface area contributed by atoms with Crippen LogP contribution in [0, 0.1) is 5.82 Å². The van der Waals surface area contributed by atoms with Gasteiger partial charge in [0.05, 0.1) is 29.4 Å². The third-order valence-electron chi connectivity index (χ3n) is 5.70. The summed E-state index contributed by atoms with van der Waals surface area (Å²) in [5, 5.41) is 14.0. The Labute approximate surface area is 214 Å². The largest absolute Gasteiger partial charge is 0.423 e. The maximum absolute atomic E-state index is 14.7. The maximum Gasteiger partial charge on any atom is 0.423 e. The molecule has 0 radical (unpaired) electrons. The molecule has 11 nitrogen and oxygen atoms in total. The van der Waals surface area contributed by atoms with Gasteiger partial charge in [0.15, 0.2) is 5.82 Å². The summed E-state index contributed by atoms with van der Waals surface area (Å²) >= 11 is 0. The number of fused-ring (bicyclic) bond motifs is 1. The van der Waals surface area contributed by atoms with Crippen molar-refractivity contribution in [3.8, 4) is 11.4 Å². The number of H-pyrrole nitrogens is 2. The number of benzene rings is 1. The second-order valence-electron chi connectivity index (χ2n) is 8.34. The lowest BCUT2D eigenvalue weighted by Gasteiger charge is -2.22. The van der Waals surface area contributed by atoms with E-state index in [2.05, 4.69) is 30.3 Å². The number of nitrogen functional groups attached to an aromatic ring is 1. The highest BCUT2D eigenvalue weighted by atomic mass is 19.4. The van der Waals surface area contributed by atoms with Crippen LogP contribution in [0.2, 0.25) is 0 Å². The number of halogens is 6. The van der Waals surface area contributed by atoms with Crippen LogP contribution in [0.15, 0.2) is 40.2 Å². The predicted molar refractivity (Wildman–Crippen MR) is 126 cm³/mol. The van der Waals surface area contributed by atoms with E-state index < -0.39 is 53.6 Å². The number of hydrogen-bond acceptors (Lipinski definition) is 8. The van der Waals surface area contributed by atoms with Gasteiger partial charge in [-0.15, -0.1) is 5.10 Å². The third-order valence-corrected chi connectivity index (χ3v) is 5.70. The number of pyridine rings is 1. The zero-order valence-corrected chi connectivity index (χ0v) is 19.7. The molecular weight excluding hydrogens is 538 g/mol. The van der Waals surface area contributed by atoms with Gasteiger partial charge in [-0.2, -0.15) is 32.0 Å². The second kappa shape index (κ2) is 11.1. The molecule has 4 rings (SSSR count). The first-order chi connectivity index (χ1) is 18.4. The Morgan fingerprint density at radius 3 is 2.62 bits per heavy atom. The van der Waals surface area contributed by atoms with Crippen molar-refractivity contribution < 1.29 is 31.1 Å². The predicted octanol–water partition coefficient (Wildman–Crippen LogP) is 3.11. The molecule has 208 valence electrons. The normalized spacial score (nSPS) is 12.8. The number of aromatic amines is 2. The molecule has 4 aromatic rings. The lowest BCUT2D eigenvalue weighted by atomic mass is 10.1. The van der Waals surface area contributed by atoms with Crippen LogP contribution < -0.4 is 22.2 Å². The Morgan fingerprint density at radius 1 is 1.18 bits per heavy atom. The smallest absolute Gasteiger partial charge is 0.378 e. The summed E-state index contributed by atoms with van der Waals surface area (Å²) in [6.07, 6.45) is -2.82. The van der Waals surface area contributed by atoms with Gasteiger partial charge in [0.2, 0.25) is 5.95 Å². The molecule has 0 spiro atoms. The SMILES string of the molecule is Nc1n[nH]c(-c2cc3ccn(CCCC(COC(F)F)Nc4cn[nH]c(=O)c4C(F)(F)F)c(=O)c3cc2F)n1. The van der Waals surface area contributed by atoms with Gasteiger partial charge < -0.3 is 20.4 Å². The fraction of sp³-hybridized carbons (Fsp3) is 0.318. The molecule has 1 atom stereocenters. The van der Waals surface area contributed by atoms with Gasteiger partial charge in [-0.1, -0.05) is 0 Å². The Morgan fingerprint density at radius 2 is 1.95 bits per heavy atom. The minimum Gasteiger partial charge on any atom is -0.378 e. The molecule has 0 saturated heterocycles. The number of nitrogens with zero attached hydrogens (tertiary/aromatic N) is 4. The van der Waals surface area contributed by atoms with Crippen molar-refractivity contribution in [3.05, 3.63) is 62.7 Å². The number of aryl methyl sites for hydroxylation is 1. The molecule has 17 heteroatoms. The molecule has 0 aliphatic carbocycles. The summed E-state index contributed by atoms with van der Waals surface area (Å²) < 4.78 is 85.6. The van der Waals surface area contributed by atoms with Gasteiger partial charge >= 0.3 is 12.8 Å². The van der Waals surface area contributed by atoms with Crippen molar-refractivity contribution in [3.63, 3.8) is 0 Å². The van der Waals surface area contributed by atoms with Gasteiger partial charge in [0.25, 0.3) is 11.1 Å². The topological polar surface area (TPSA) is 157 Å². The highest BCUT2D eigenvalue weighted by Gasteiger charge is 2.37. The summed E-state index contributed by atoms with van der Waals surface area (Å²) in [6.45, 7) is -3.87. The van der Waals surface area contributed by atoms with Crippen LogP contribution in [0.5, 0.6) is 0 Å². The standard InChI is InChI=1S/C22H20F6N8O3/c23-14-7-12-10(6-13(14)17-32-21(29)35-33-17)3-5-36(19(12)38)4-1-2-11(9-39-20(24)25)31-15-8-30-34-18(37)16(15)22(26,27)28/h3,5-8,11,20H,1-2,4,9H2,(H2,31,34,37)(H3,29,32,33,35). The fourth-order valence-corrected chi connectivity index (χ4v) is 3.96. The van der Waals surface area contributed by atoms with Crippen LogP contribution in [-0.2, 0) is 17.5 Å². The average Bonchev–Trinajstić information content (AvgIpc) is 3.29. The van der Waals surface area contributed by atoms with E-state index in [-0.39, 0.29) is 42.1 Å². The van der Waals surface area contributed by atoms with E-state index in [1.807, 2.05) is 0 Å². The highest BCUT2D eigenvalue weighted by molar-refractivity contribution is 5.86. The summed E-state index contributed by atoms with van der Waals surface area (Å²) in [4.78, 5) is 28.5. The molecule has 3 aromatic heterocycles. The van der Waals surface area contributed by atoms with Crippen molar-refractivity contribution in [1.29, 1.82) is 0 Å². The number of anilines is 2. The quantitative estimate of drug-likeness (QED) is 0.216. The number of rotatable bonds is 10. The first-order valence-corrected chi connectivity index (χ1v) is 11.3. The Hall–Kier alpha value is -4.41. The molecular formula is C22H20F6N8O3. The van der Waals surface area contributed by atoms with Crippen molar-refractivity contribution >= 4 is 22.4 Å². The number of hydrogen-bond donors (Lipinski definition) is 4. The van der Waals surface area contributed by atoms with E-state index >= 15 is 0 Å². The Balaban J connectivity index is 1.52. The molecule has 1 aromatic carbocycles. The highest BCUT2D eigenvalue weighted by Crippen LogP contribution is 2.32. The summed E-state index contributed by atoms with van der Waals surface area (Å²) in [6, 6.07) is 2.87. The second-order valence-corrected chi connectivity index (χ2v) is 8.34. The van der Waals surface area contributed by atoms with Crippen LogP contribution in [0.25, 0.3) is 22.2 Å². The van der Waals surface area contributed by atoms with Crippen LogP contribution in [0.4, 0.5) is 38.0 Å². The molecule has 0 saturated carbocycles. The minimum absolute atomic E-state index is 0.0173. The molecule has 3 heterocycles. The number of ether oxygens (including phenoxy) is 1. The van der Waals surface area contributed by atoms with Crippen LogP contribution in [0.3, 0.4) is 0 Å². The van der Waals surface area contributed by atoms with Crippen LogP contribution in [-0.4, -0.2) is 49.2 Å². The van der Waals surface area contributed by atoms with Gasteiger partial charge in [0.1, 0.15) is 11.4 Å². The van der Waals surface area contributed by atoms with E-state index in [9.17, 15) is 35.9 Å². The molecule has 0 amide bonds. The van der Waals surface area contributed by atoms with E-state index in [1.165, 1.54) is 16.8 Å². The maximum atomic E-state index is 14.7. The van der Waals surface area contributed by atoms with Crippen LogP contribution in [0.1, 0.15) is 18.4 Å². The number of aromatic nitrogens is 6. The van der Waals surface area contributed by atoms with Crippen LogP contribution >= 0.6 is 0 Å². The summed E-state index contributed by atoms with van der Waals surface area (Å²) in [5.74, 6) is -0.768. The first kappa shape index (κ1) is 27.6. The molecule has 0 bridgehead atoms. The van der Waals surface area contributed by atoms with E-state index in [1.54, 1.807) is 11.2 Å². The molecule has 1 unspecified atom stereocenters. The van der Waals surface area contributed by atoms with Gasteiger partial charge in [-0.25, -0.2) is 9.49 Å². The lowest BCUT2D eigenvalue weighted by Crippen LogP contribution is -2.32. The Bertz CT molecular complexity index is 1580. The van der Waals surface area contributed by atoms with Gasteiger partial charge in [-0.05, 0) is 36.4 Å². The molecule has 0 aliphatic rings. The van der Waals surface area contributed by atoms with Crippen molar-refractivity contribution in [2.24, 2.45) is 0 Å². The van der Waals surface area contributed by atoms with Gasteiger partial charge in [0, 0.05) is 18.8 Å². The number of alkyl halides is 5. The van der Waals surface area contributed by atoms with E-state index in [0.29, 0.717) is 11.6 Å². The molecule has 39 heavy (non-hydrogen) atoms. The first-order valence-electron chi connectivity index (χ1n) is 11.3. The number of nitrogens with one attached hydrogen (secondary N) is 3. The van der Waals surface area contributed by atoms with Crippen molar-refractivity contribution in [2.45, 2.75) is 38.2 Å². The van der Waals surface area contributed by atoms with Gasteiger partial charge in [-0.3, -0.25) is 14.7 Å². The molecule has 5 N–H and O–H groups in total. The molecule has 0 aliphatic heterocycles.